The molecule has 2 rings (SSSR count). The van der Waals surface area contributed by atoms with E-state index in [0.717, 1.165) is 0 Å². The number of primary amides is 1. The Labute approximate surface area is 138 Å². The van der Waals surface area contributed by atoms with E-state index in [2.05, 4.69) is 15.8 Å². The number of nitrogens with one attached hydrogen (secondary N) is 2. The van der Waals surface area contributed by atoms with Gasteiger partial charge in [0.15, 0.2) is 5.76 Å². The van der Waals surface area contributed by atoms with Gasteiger partial charge in [-0.2, -0.15) is 0 Å². The molecule has 1 aromatic rings. The van der Waals surface area contributed by atoms with E-state index in [9.17, 15) is 9.59 Å². The van der Waals surface area contributed by atoms with Gasteiger partial charge in [-0.15, -0.1) is 0 Å². The number of allylic oxidation sites excluding steroid dienone is 4. The SMILES string of the molecule is COC1=CC=C/C(=C/NNC(N)=O)C1=O.[Cu].c1ccncc1. The van der Waals surface area contributed by atoms with Crippen LogP contribution in [-0.2, 0) is 26.6 Å². The third-order valence-corrected chi connectivity index (χ3v) is 2.22. The number of hydrazine groups is 1. The van der Waals surface area contributed by atoms with Crippen LogP contribution in [0.5, 0.6) is 0 Å². The van der Waals surface area contributed by atoms with Gasteiger partial charge in [0.1, 0.15) is 0 Å². The van der Waals surface area contributed by atoms with Crippen LogP contribution in [0.3, 0.4) is 0 Å². The fraction of sp³-hybridized carbons (Fsp3) is 0.0714. The fourth-order valence-corrected chi connectivity index (χ4v) is 1.30. The van der Waals surface area contributed by atoms with Crippen molar-refractivity contribution in [2.45, 2.75) is 0 Å². The van der Waals surface area contributed by atoms with Crippen LogP contribution < -0.4 is 16.6 Å². The Hall–Kier alpha value is -2.57. The molecule has 0 fully saturated rings. The number of nitrogens with two attached hydrogens (primary N) is 1. The van der Waals surface area contributed by atoms with Crippen molar-refractivity contribution in [3.63, 3.8) is 0 Å². The van der Waals surface area contributed by atoms with Crippen molar-refractivity contribution in [2.75, 3.05) is 7.11 Å². The molecule has 1 aromatic heterocycles. The van der Waals surface area contributed by atoms with Gasteiger partial charge in [-0.25, -0.2) is 4.79 Å². The molecule has 0 aliphatic heterocycles. The van der Waals surface area contributed by atoms with Gasteiger partial charge in [0, 0.05) is 41.2 Å². The van der Waals surface area contributed by atoms with Crippen molar-refractivity contribution in [1.29, 1.82) is 0 Å². The summed E-state index contributed by atoms with van der Waals surface area (Å²) in [5.74, 6) is -0.0246. The van der Waals surface area contributed by atoms with Gasteiger partial charge >= 0.3 is 6.03 Å². The number of hydrogen-bond donors (Lipinski definition) is 3. The molecule has 8 heteroatoms. The van der Waals surface area contributed by atoms with E-state index in [1.54, 1.807) is 30.6 Å². The van der Waals surface area contributed by atoms with E-state index < -0.39 is 6.03 Å². The Morgan fingerprint density at radius 1 is 1.32 bits per heavy atom. The van der Waals surface area contributed by atoms with Gasteiger partial charge in [-0.05, 0) is 24.3 Å². The minimum absolute atomic E-state index is 0. The summed E-state index contributed by atoms with van der Waals surface area (Å²) in [6.07, 6.45) is 9.63. The zero-order valence-electron chi connectivity index (χ0n) is 11.7. The van der Waals surface area contributed by atoms with Gasteiger partial charge in [0.2, 0.25) is 5.78 Å². The molecule has 121 valence electrons. The molecule has 1 radical (unpaired) electrons. The molecule has 4 N–H and O–H groups in total. The first-order valence-electron chi connectivity index (χ1n) is 5.98. The van der Waals surface area contributed by atoms with E-state index in [0.29, 0.717) is 5.57 Å². The zero-order valence-corrected chi connectivity index (χ0v) is 12.7. The monoisotopic (exact) mass is 351 g/mol. The number of methoxy groups -OCH3 is 1. The molecule has 0 saturated carbocycles. The first-order chi connectivity index (χ1) is 10.1. The van der Waals surface area contributed by atoms with Crippen LogP contribution in [0.4, 0.5) is 4.79 Å². The van der Waals surface area contributed by atoms with Crippen molar-refractivity contribution in [3.8, 4) is 0 Å². The van der Waals surface area contributed by atoms with Gasteiger partial charge in [0.25, 0.3) is 0 Å². The molecule has 7 nitrogen and oxygen atoms in total. The topological polar surface area (TPSA) is 106 Å². The van der Waals surface area contributed by atoms with Crippen LogP contribution in [0.25, 0.3) is 0 Å². The Morgan fingerprint density at radius 3 is 2.45 bits per heavy atom. The Balaban J connectivity index is 0.000000529. The van der Waals surface area contributed by atoms with E-state index in [1.807, 2.05) is 18.2 Å². The first kappa shape index (κ1) is 19.4. The number of carbonyl (C=O) groups is 2. The van der Waals surface area contributed by atoms with E-state index in [4.69, 9.17) is 10.5 Å². The number of pyridine rings is 1. The Kier molecular flexibility index (Phi) is 9.83. The third kappa shape index (κ3) is 7.28. The average molecular weight is 352 g/mol. The molecule has 0 unspecified atom stereocenters. The minimum Gasteiger partial charge on any atom is -0.493 e. The summed E-state index contributed by atoms with van der Waals surface area (Å²) in [4.78, 5) is 25.6. The third-order valence-electron chi connectivity index (χ3n) is 2.22. The molecule has 0 atom stereocenters. The number of nitrogens with zero attached hydrogens (tertiary/aromatic N) is 1. The maximum Gasteiger partial charge on any atom is 0.330 e. The van der Waals surface area contributed by atoms with Crippen molar-refractivity contribution in [1.82, 2.24) is 15.8 Å². The molecule has 0 spiro atoms. The number of urea groups is 1. The largest absolute Gasteiger partial charge is 0.493 e. The van der Waals surface area contributed by atoms with Crippen LogP contribution in [0.2, 0.25) is 0 Å². The van der Waals surface area contributed by atoms with E-state index in [-0.39, 0.29) is 28.6 Å². The summed E-state index contributed by atoms with van der Waals surface area (Å²) in [6.45, 7) is 0. The van der Waals surface area contributed by atoms with E-state index >= 15 is 0 Å². The van der Waals surface area contributed by atoms with Crippen molar-refractivity contribution in [3.05, 3.63) is 66.4 Å². The summed E-state index contributed by atoms with van der Waals surface area (Å²) >= 11 is 0. The van der Waals surface area contributed by atoms with Crippen LogP contribution >= 0.6 is 0 Å². The van der Waals surface area contributed by atoms with Crippen LogP contribution in [-0.4, -0.2) is 23.9 Å². The molecular weight excluding hydrogens is 336 g/mol. The average Bonchev–Trinajstić information content (AvgIpc) is 2.51. The van der Waals surface area contributed by atoms with Crippen molar-refractivity contribution >= 4 is 11.8 Å². The van der Waals surface area contributed by atoms with Crippen LogP contribution in [0.1, 0.15) is 0 Å². The summed E-state index contributed by atoms with van der Waals surface area (Å²) in [5.41, 5.74) is 9.68. The number of hydrogen-bond acceptors (Lipinski definition) is 5. The number of Topliss-reactive ketones (excluding diaryl/α,β-unsaturated/α-hetero) is 1. The number of rotatable bonds is 3. The maximum atomic E-state index is 11.5. The second-order valence-corrected chi connectivity index (χ2v) is 3.68. The van der Waals surface area contributed by atoms with E-state index in [1.165, 1.54) is 13.3 Å². The number of carbonyl (C=O) groups excluding carboxylic acids is 2. The summed E-state index contributed by atoms with van der Waals surface area (Å²) in [5, 5.41) is 0. The number of aromatic nitrogens is 1. The van der Waals surface area contributed by atoms with Crippen LogP contribution in [0, 0.1) is 0 Å². The normalized spacial score (nSPS) is 14.0. The molecule has 22 heavy (non-hydrogen) atoms. The number of ether oxygens (including phenoxy) is 1. The van der Waals surface area contributed by atoms with Crippen LogP contribution in [0.15, 0.2) is 66.4 Å². The molecule has 0 saturated heterocycles. The standard InChI is InChI=1S/C9H11N3O3.C5H5N.Cu/c1-15-7-4-2-3-6(8(7)13)5-11-12-9(10)14;1-2-4-6-5-3-1;/h2-5,11H,1H3,(H3,10,12,14);1-5H;/b6-5-;;. The number of ketones is 1. The Morgan fingerprint density at radius 2 is 2.00 bits per heavy atom. The Bertz CT molecular complexity index is 544. The molecule has 2 amide bonds. The van der Waals surface area contributed by atoms with Gasteiger partial charge < -0.3 is 15.9 Å². The quantitative estimate of drug-likeness (QED) is 0.424. The summed E-state index contributed by atoms with van der Waals surface area (Å²) in [7, 11) is 1.41. The predicted molar refractivity (Wildman–Crippen MR) is 77.4 cm³/mol. The van der Waals surface area contributed by atoms with Gasteiger partial charge in [-0.3, -0.25) is 15.2 Å². The van der Waals surface area contributed by atoms with Gasteiger partial charge in [0.05, 0.1) is 7.11 Å². The fourth-order valence-electron chi connectivity index (χ4n) is 1.30. The van der Waals surface area contributed by atoms with Crippen molar-refractivity contribution in [2.24, 2.45) is 5.73 Å². The molecule has 0 aromatic carbocycles. The first-order valence-corrected chi connectivity index (χ1v) is 5.98. The smallest absolute Gasteiger partial charge is 0.330 e. The molecular formula is C14H16CuN4O3. The summed E-state index contributed by atoms with van der Waals surface area (Å²) in [6, 6.07) is 4.98. The minimum atomic E-state index is -0.735. The zero-order chi connectivity index (χ0) is 15.5. The maximum absolute atomic E-state index is 11.5. The second kappa shape index (κ2) is 11.1. The predicted octanol–water partition coefficient (Wildman–Crippen LogP) is 0.791. The molecule has 1 heterocycles. The second-order valence-electron chi connectivity index (χ2n) is 3.68. The van der Waals surface area contributed by atoms with Gasteiger partial charge in [-0.1, -0.05) is 12.1 Å². The molecule has 0 bridgehead atoms. The summed E-state index contributed by atoms with van der Waals surface area (Å²) < 4.78 is 4.84. The molecule has 1 aliphatic carbocycles. The molecule has 1 aliphatic rings. The van der Waals surface area contributed by atoms with Crippen molar-refractivity contribution < 1.29 is 31.4 Å². The number of amides is 2.